The van der Waals surface area contributed by atoms with E-state index < -0.39 is 0 Å². The van der Waals surface area contributed by atoms with Crippen LogP contribution in [0.4, 0.5) is 0 Å². The van der Waals surface area contributed by atoms with Crippen LogP contribution in [0.25, 0.3) is 10.8 Å². The third kappa shape index (κ3) is 2.37. The third-order valence-electron chi connectivity index (χ3n) is 4.12. The van der Waals surface area contributed by atoms with Crippen LogP contribution in [0.15, 0.2) is 30.6 Å². The number of rotatable bonds is 1. The number of hydrogen-bond donors (Lipinski definition) is 1. The van der Waals surface area contributed by atoms with Crippen LogP contribution < -0.4 is 5.32 Å². The monoisotopic (exact) mass is 254 g/mol. The topological polar surface area (TPSA) is 24.9 Å². The molecule has 1 N–H and O–H groups in total. The molecule has 1 aromatic carbocycles. The average Bonchev–Trinajstić information content (AvgIpc) is 2.90. The van der Waals surface area contributed by atoms with E-state index >= 15 is 0 Å². The molecule has 1 saturated heterocycles. The maximum absolute atomic E-state index is 4.43. The van der Waals surface area contributed by atoms with E-state index in [4.69, 9.17) is 0 Å². The van der Waals surface area contributed by atoms with Gasteiger partial charge in [-0.2, -0.15) is 0 Å². The summed E-state index contributed by atoms with van der Waals surface area (Å²) in [7, 11) is 0. The summed E-state index contributed by atoms with van der Waals surface area (Å²) < 4.78 is 0. The van der Waals surface area contributed by atoms with Crippen molar-refractivity contribution in [1.82, 2.24) is 10.3 Å². The molecule has 2 heteroatoms. The van der Waals surface area contributed by atoms with Gasteiger partial charge in [0.15, 0.2) is 0 Å². The summed E-state index contributed by atoms with van der Waals surface area (Å²) in [6.45, 7) is 9.00. The first-order chi connectivity index (χ1) is 9.05. The molecule has 0 radical (unpaired) electrons. The second kappa shape index (κ2) is 4.61. The molecule has 1 aliphatic rings. The van der Waals surface area contributed by atoms with Crippen LogP contribution in [-0.4, -0.2) is 18.1 Å². The summed E-state index contributed by atoms with van der Waals surface area (Å²) in [5, 5.41) is 6.06. The van der Waals surface area contributed by atoms with Gasteiger partial charge in [0.1, 0.15) is 0 Å². The average molecular weight is 254 g/mol. The lowest BCUT2D eigenvalue weighted by Crippen LogP contribution is -2.12. The zero-order chi connectivity index (χ0) is 13.5. The van der Waals surface area contributed by atoms with Crippen molar-refractivity contribution in [2.45, 2.75) is 38.5 Å². The fraction of sp³-hybridized carbons (Fsp3) is 0.471. The lowest BCUT2D eigenvalue weighted by Gasteiger charge is -2.21. The van der Waals surface area contributed by atoms with Crippen LogP contribution in [0.1, 0.15) is 44.2 Å². The van der Waals surface area contributed by atoms with Gasteiger partial charge in [-0.25, -0.2) is 0 Å². The Bertz CT molecular complexity index is 590. The van der Waals surface area contributed by atoms with Gasteiger partial charge in [-0.3, -0.25) is 4.98 Å². The second-order valence-corrected chi connectivity index (χ2v) is 6.61. The van der Waals surface area contributed by atoms with Crippen LogP contribution >= 0.6 is 0 Å². The third-order valence-corrected chi connectivity index (χ3v) is 4.12. The molecule has 1 fully saturated rings. The molecule has 0 aliphatic carbocycles. The van der Waals surface area contributed by atoms with Gasteiger partial charge in [-0.1, -0.05) is 32.9 Å². The molecule has 100 valence electrons. The Labute approximate surface area is 115 Å². The number of benzene rings is 1. The Hall–Kier alpha value is -1.41. The second-order valence-electron chi connectivity index (χ2n) is 6.61. The van der Waals surface area contributed by atoms with Crippen LogP contribution in [0.2, 0.25) is 0 Å². The van der Waals surface area contributed by atoms with E-state index in [1.807, 2.05) is 12.4 Å². The van der Waals surface area contributed by atoms with E-state index in [0.29, 0.717) is 5.92 Å². The molecule has 1 atom stereocenters. The smallest absolute Gasteiger partial charge is 0.0346 e. The SMILES string of the molecule is CC(C)(C)c1cncc2cc(C3CCNC3)ccc12. The van der Waals surface area contributed by atoms with Crippen molar-refractivity contribution >= 4 is 10.8 Å². The van der Waals surface area contributed by atoms with Crippen molar-refractivity contribution in [1.29, 1.82) is 0 Å². The first-order valence-electron chi connectivity index (χ1n) is 7.14. The van der Waals surface area contributed by atoms with Gasteiger partial charge in [-0.15, -0.1) is 0 Å². The van der Waals surface area contributed by atoms with Gasteiger partial charge in [-0.05, 0) is 46.9 Å². The van der Waals surface area contributed by atoms with Crippen molar-refractivity contribution in [3.8, 4) is 0 Å². The highest BCUT2D eigenvalue weighted by Gasteiger charge is 2.19. The molecule has 2 nitrogen and oxygen atoms in total. The number of pyridine rings is 1. The zero-order valence-corrected chi connectivity index (χ0v) is 12.0. The Morgan fingerprint density at radius 3 is 2.74 bits per heavy atom. The first kappa shape index (κ1) is 12.6. The van der Waals surface area contributed by atoms with Crippen molar-refractivity contribution in [3.63, 3.8) is 0 Å². The van der Waals surface area contributed by atoms with Crippen molar-refractivity contribution in [2.75, 3.05) is 13.1 Å². The van der Waals surface area contributed by atoms with Crippen molar-refractivity contribution in [2.24, 2.45) is 0 Å². The summed E-state index contributed by atoms with van der Waals surface area (Å²) in [6, 6.07) is 6.91. The molecule has 0 spiro atoms. The predicted molar refractivity (Wildman–Crippen MR) is 80.7 cm³/mol. The zero-order valence-electron chi connectivity index (χ0n) is 12.0. The van der Waals surface area contributed by atoms with Gasteiger partial charge >= 0.3 is 0 Å². The molecule has 1 aromatic heterocycles. The quantitative estimate of drug-likeness (QED) is 0.841. The highest BCUT2D eigenvalue weighted by Crippen LogP contribution is 2.31. The van der Waals surface area contributed by atoms with Gasteiger partial charge in [0.25, 0.3) is 0 Å². The molecule has 1 unspecified atom stereocenters. The fourth-order valence-corrected chi connectivity index (χ4v) is 2.99. The van der Waals surface area contributed by atoms with Crippen molar-refractivity contribution in [3.05, 3.63) is 41.7 Å². The highest BCUT2D eigenvalue weighted by atomic mass is 14.9. The molecule has 0 bridgehead atoms. The van der Waals surface area contributed by atoms with E-state index in [9.17, 15) is 0 Å². The number of fused-ring (bicyclic) bond motifs is 1. The minimum absolute atomic E-state index is 0.142. The van der Waals surface area contributed by atoms with Crippen LogP contribution in [0.5, 0.6) is 0 Å². The Kier molecular flexibility index (Phi) is 3.06. The first-order valence-corrected chi connectivity index (χ1v) is 7.14. The molecule has 3 rings (SSSR count). The van der Waals surface area contributed by atoms with E-state index in [0.717, 1.165) is 13.1 Å². The van der Waals surface area contributed by atoms with Gasteiger partial charge < -0.3 is 5.32 Å². The largest absolute Gasteiger partial charge is 0.316 e. The minimum Gasteiger partial charge on any atom is -0.316 e. The maximum atomic E-state index is 4.43. The van der Waals surface area contributed by atoms with Crippen LogP contribution in [-0.2, 0) is 5.41 Å². The standard InChI is InChI=1S/C17H22N2/c1-17(2,3)16-11-19-10-14-8-12(4-5-15(14)16)13-6-7-18-9-13/h4-5,8,10-11,13,18H,6-7,9H2,1-3H3. The Balaban J connectivity index is 2.09. The predicted octanol–water partition coefficient (Wildman–Crippen LogP) is 3.61. The minimum atomic E-state index is 0.142. The fourth-order valence-electron chi connectivity index (χ4n) is 2.99. The number of nitrogens with zero attached hydrogens (tertiary/aromatic N) is 1. The number of aromatic nitrogens is 1. The van der Waals surface area contributed by atoms with E-state index in [1.165, 1.54) is 28.3 Å². The van der Waals surface area contributed by atoms with E-state index in [1.54, 1.807) is 0 Å². The number of nitrogens with one attached hydrogen (secondary N) is 1. The molecule has 1 aliphatic heterocycles. The van der Waals surface area contributed by atoms with E-state index in [2.05, 4.69) is 49.3 Å². The van der Waals surface area contributed by atoms with Gasteiger partial charge in [0.2, 0.25) is 0 Å². The Morgan fingerprint density at radius 1 is 1.21 bits per heavy atom. The summed E-state index contributed by atoms with van der Waals surface area (Å²) in [5.74, 6) is 0.669. The molecular weight excluding hydrogens is 232 g/mol. The summed E-state index contributed by atoms with van der Waals surface area (Å²) >= 11 is 0. The molecule has 2 aromatic rings. The molecular formula is C17H22N2. The highest BCUT2D eigenvalue weighted by molar-refractivity contribution is 5.86. The molecule has 2 heterocycles. The molecule has 0 amide bonds. The lowest BCUT2D eigenvalue weighted by molar-refractivity contribution is 0.593. The normalized spacial score (nSPS) is 20.1. The molecule has 0 saturated carbocycles. The summed E-state index contributed by atoms with van der Waals surface area (Å²) in [4.78, 5) is 4.43. The van der Waals surface area contributed by atoms with E-state index in [-0.39, 0.29) is 5.41 Å². The number of hydrogen-bond acceptors (Lipinski definition) is 2. The van der Waals surface area contributed by atoms with Crippen LogP contribution in [0.3, 0.4) is 0 Å². The van der Waals surface area contributed by atoms with Crippen molar-refractivity contribution < 1.29 is 0 Å². The van der Waals surface area contributed by atoms with Gasteiger partial charge in [0.05, 0.1) is 0 Å². The lowest BCUT2D eigenvalue weighted by atomic mass is 9.84. The van der Waals surface area contributed by atoms with Crippen LogP contribution in [0, 0.1) is 0 Å². The Morgan fingerprint density at radius 2 is 2.05 bits per heavy atom. The van der Waals surface area contributed by atoms with Gasteiger partial charge in [0, 0.05) is 24.3 Å². The summed E-state index contributed by atoms with van der Waals surface area (Å²) in [6.07, 6.45) is 5.26. The molecule has 19 heavy (non-hydrogen) atoms. The maximum Gasteiger partial charge on any atom is 0.0346 e. The summed E-state index contributed by atoms with van der Waals surface area (Å²) in [5.41, 5.74) is 2.93.